The van der Waals surface area contributed by atoms with Gasteiger partial charge in [-0.25, -0.2) is 0 Å². The molecule has 0 amide bonds. The van der Waals surface area contributed by atoms with Crippen molar-refractivity contribution in [2.24, 2.45) is 0 Å². The number of rotatable bonds is 2. The largest absolute Gasteiger partial charge is 0.449 e. The average Bonchev–Trinajstić information content (AvgIpc) is 3.08. The quantitative estimate of drug-likeness (QED) is 0.710. The molecule has 3 aromatic rings. The maximum absolute atomic E-state index is 9.15. The highest BCUT2D eigenvalue weighted by Crippen LogP contribution is 2.46. The highest BCUT2D eigenvalue weighted by atomic mass is 79.9. The minimum absolute atomic E-state index is 0.519. The minimum Gasteiger partial charge on any atom is -0.449 e. The van der Waals surface area contributed by atoms with Gasteiger partial charge in [0.25, 0.3) is 0 Å². The average molecular weight is 351 g/mol. The Labute approximate surface area is 126 Å². The smallest absolute Gasteiger partial charge is 0.169 e. The molecule has 3 rings (SSSR count). The molecule has 3 nitrogen and oxygen atoms in total. The second-order valence-electron chi connectivity index (χ2n) is 3.74. The molecule has 0 atom stereocenters. The molecule has 19 heavy (non-hydrogen) atoms. The minimum atomic E-state index is 0.519. The second kappa shape index (κ2) is 4.85. The Hall–Kier alpha value is -1.55. The predicted octanol–water partition coefficient (Wildman–Crippen LogP) is 4.95. The van der Waals surface area contributed by atoms with Crippen LogP contribution < -0.4 is 5.73 Å². The van der Waals surface area contributed by atoms with Crippen molar-refractivity contribution in [1.29, 1.82) is 5.26 Å². The molecule has 0 saturated heterocycles. The van der Waals surface area contributed by atoms with E-state index in [1.807, 2.05) is 29.6 Å². The number of nitrogen functional groups attached to an aromatic ring is 1. The summed E-state index contributed by atoms with van der Waals surface area (Å²) in [5.74, 6) is 0.716. The van der Waals surface area contributed by atoms with Crippen molar-refractivity contribution in [3.8, 4) is 27.1 Å². The molecule has 2 N–H and O–H groups in total. The summed E-state index contributed by atoms with van der Waals surface area (Å²) in [6.45, 7) is 0. The molecule has 6 heteroatoms. The summed E-state index contributed by atoms with van der Waals surface area (Å²) in [5.41, 5.74) is 7.50. The molecule has 0 aliphatic carbocycles. The van der Waals surface area contributed by atoms with Crippen molar-refractivity contribution in [3.63, 3.8) is 0 Å². The number of nitrogens with two attached hydrogens (primary N) is 1. The van der Waals surface area contributed by atoms with Crippen LogP contribution in [0.5, 0.6) is 0 Å². The standard InChI is InChI=1S/C13H7BrN2OS2/c14-10-4-3-7(17-10)13-11(8-2-1-5-18-8)12(16)9(6-15)19-13/h1-5H,16H2. The molecule has 0 aliphatic heterocycles. The number of anilines is 1. The molecule has 94 valence electrons. The Kier molecular flexibility index (Phi) is 3.19. The number of hydrogen-bond donors (Lipinski definition) is 1. The van der Waals surface area contributed by atoms with Gasteiger partial charge in [0.15, 0.2) is 4.67 Å². The normalized spacial score (nSPS) is 10.5. The van der Waals surface area contributed by atoms with Crippen LogP contribution in [0.25, 0.3) is 21.1 Å². The summed E-state index contributed by atoms with van der Waals surface area (Å²) in [5, 5.41) is 11.1. The fourth-order valence-corrected chi connectivity index (χ4v) is 3.96. The van der Waals surface area contributed by atoms with Crippen LogP contribution in [0.1, 0.15) is 4.88 Å². The third-order valence-corrected chi connectivity index (χ3v) is 5.05. The summed E-state index contributed by atoms with van der Waals surface area (Å²) in [6.07, 6.45) is 0. The number of nitriles is 1. The van der Waals surface area contributed by atoms with Crippen LogP contribution in [-0.2, 0) is 0 Å². The molecule has 0 bridgehead atoms. The van der Waals surface area contributed by atoms with E-state index in [1.165, 1.54) is 11.3 Å². The number of nitrogens with zero attached hydrogens (tertiary/aromatic N) is 1. The van der Waals surface area contributed by atoms with Gasteiger partial charge < -0.3 is 10.2 Å². The Bertz CT molecular complexity index is 765. The molecule has 0 aromatic carbocycles. The van der Waals surface area contributed by atoms with Crippen molar-refractivity contribution < 1.29 is 4.42 Å². The zero-order valence-electron chi connectivity index (χ0n) is 9.51. The topological polar surface area (TPSA) is 63.0 Å². The van der Waals surface area contributed by atoms with Crippen LogP contribution in [0.4, 0.5) is 5.69 Å². The molecule has 3 heterocycles. The number of furan rings is 1. The van der Waals surface area contributed by atoms with E-state index in [-0.39, 0.29) is 0 Å². The lowest BCUT2D eigenvalue weighted by atomic mass is 10.1. The van der Waals surface area contributed by atoms with Crippen LogP contribution in [0, 0.1) is 11.3 Å². The van der Waals surface area contributed by atoms with E-state index in [1.54, 1.807) is 11.3 Å². The Balaban J connectivity index is 2.27. The zero-order chi connectivity index (χ0) is 13.4. The van der Waals surface area contributed by atoms with E-state index in [0.717, 1.165) is 15.3 Å². The number of hydrogen-bond acceptors (Lipinski definition) is 5. The number of thiophene rings is 2. The van der Waals surface area contributed by atoms with Gasteiger partial charge in [0.05, 0.1) is 10.6 Å². The third-order valence-electron chi connectivity index (χ3n) is 2.61. The van der Waals surface area contributed by atoms with E-state index >= 15 is 0 Å². The predicted molar refractivity (Wildman–Crippen MR) is 82.2 cm³/mol. The molecule has 0 radical (unpaired) electrons. The molecular weight excluding hydrogens is 344 g/mol. The first kappa shape index (κ1) is 12.5. The van der Waals surface area contributed by atoms with Gasteiger partial charge in [0, 0.05) is 10.4 Å². The van der Waals surface area contributed by atoms with Gasteiger partial charge in [-0.05, 0) is 39.5 Å². The summed E-state index contributed by atoms with van der Waals surface area (Å²) in [6, 6.07) is 9.79. The van der Waals surface area contributed by atoms with E-state index in [2.05, 4.69) is 22.0 Å². The van der Waals surface area contributed by atoms with Gasteiger partial charge in [-0.2, -0.15) is 5.26 Å². The van der Waals surface area contributed by atoms with Crippen LogP contribution >= 0.6 is 38.6 Å². The molecule has 0 spiro atoms. The van der Waals surface area contributed by atoms with Gasteiger partial charge in [0.1, 0.15) is 16.7 Å². The highest BCUT2D eigenvalue weighted by molar-refractivity contribution is 9.10. The van der Waals surface area contributed by atoms with Crippen molar-refractivity contribution >= 4 is 44.3 Å². The Morgan fingerprint density at radius 2 is 2.16 bits per heavy atom. The SMILES string of the molecule is N#Cc1sc(-c2ccc(Br)o2)c(-c2cccs2)c1N. The lowest BCUT2D eigenvalue weighted by Crippen LogP contribution is -1.87. The van der Waals surface area contributed by atoms with Gasteiger partial charge in [-0.15, -0.1) is 22.7 Å². The van der Waals surface area contributed by atoms with Gasteiger partial charge >= 0.3 is 0 Å². The van der Waals surface area contributed by atoms with Gasteiger partial charge in [-0.3, -0.25) is 0 Å². The maximum Gasteiger partial charge on any atom is 0.169 e. The number of halogens is 1. The fraction of sp³-hybridized carbons (Fsp3) is 0. The first-order chi connectivity index (χ1) is 9.20. The lowest BCUT2D eigenvalue weighted by molar-refractivity contribution is 0.557. The van der Waals surface area contributed by atoms with Crippen LogP contribution in [0.15, 0.2) is 38.7 Å². The second-order valence-corrected chi connectivity index (χ2v) is 6.49. The van der Waals surface area contributed by atoms with Crippen LogP contribution in [0.3, 0.4) is 0 Å². The van der Waals surface area contributed by atoms with E-state index < -0.39 is 0 Å². The van der Waals surface area contributed by atoms with Crippen molar-refractivity contribution in [1.82, 2.24) is 0 Å². The molecule has 0 aliphatic rings. The molecule has 0 fully saturated rings. The lowest BCUT2D eigenvalue weighted by Gasteiger charge is -2.00. The van der Waals surface area contributed by atoms with E-state index in [9.17, 15) is 0 Å². The molecule has 0 saturated carbocycles. The van der Waals surface area contributed by atoms with Gasteiger partial charge in [-0.1, -0.05) is 6.07 Å². The zero-order valence-corrected chi connectivity index (χ0v) is 12.7. The molecule has 0 unspecified atom stereocenters. The Morgan fingerprint density at radius 3 is 2.74 bits per heavy atom. The van der Waals surface area contributed by atoms with Crippen molar-refractivity contribution in [3.05, 3.63) is 39.2 Å². The first-order valence-electron chi connectivity index (χ1n) is 5.32. The monoisotopic (exact) mass is 350 g/mol. The van der Waals surface area contributed by atoms with Crippen molar-refractivity contribution in [2.45, 2.75) is 0 Å². The molecular formula is C13H7BrN2OS2. The van der Waals surface area contributed by atoms with Crippen molar-refractivity contribution in [2.75, 3.05) is 5.73 Å². The summed E-state index contributed by atoms with van der Waals surface area (Å²) < 4.78 is 6.25. The highest BCUT2D eigenvalue weighted by Gasteiger charge is 2.21. The Morgan fingerprint density at radius 1 is 1.32 bits per heavy atom. The maximum atomic E-state index is 9.15. The summed E-state index contributed by atoms with van der Waals surface area (Å²) >= 11 is 6.24. The van der Waals surface area contributed by atoms with E-state index in [0.29, 0.717) is 21.0 Å². The summed E-state index contributed by atoms with van der Waals surface area (Å²) in [4.78, 5) is 2.45. The van der Waals surface area contributed by atoms with Crippen LogP contribution in [-0.4, -0.2) is 0 Å². The first-order valence-corrected chi connectivity index (χ1v) is 7.81. The summed E-state index contributed by atoms with van der Waals surface area (Å²) in [7, 11) is 0. The van der Waals surface area contributed by atoms with Gasteiger partial charge in [0.2, 0.25) is 0 Å². The third kappa shape index (κ3) is 2.10. The molecule has 3 aromatic heterocycles. The fourth-order valence-electron chi connectivity index (χ4n) is 1.80. The van der Waals surface area contributed by atoms with E-state index in [4.69, 9.17) is 15.4 Å². The van der Waals surface area contributed by atoms with Crippen LogP contribution in [0.2, 0.25) is 0 Å².